The van der Waals surface area contributed by atoms with E-state index in [0.29, 0.717) is 6.42 Å². The van der Waals surface area contributed by atoms with Gasteiger partial charge < -0.3 is 14.2 Å². The van der Waals surface area contributed by atoms with Gasteiger partial charge in [0, 0.05) is 12.6 Å². The van der Waals surface area contributed by atoms with Crippen molar-refractivity contribution in [1.82, 2.24) is 10.1 Å². The van der Waals surface area contributed by atoms with Gasteiger partial charge in [0.1, 0.15) is 5.75 Å². The van der Waals surface area contributed by atoms with E-state index in [1.165, 1.54) is 0 Å². The molecular formula is C17H20N2O3. The zero-order valence-corrected chi connectivity index (χ0v) is 12.9. The first-order valence-corrected chi connectivity index (χ1v) is 7.53. The van der Waals surface area contributed by atoms with Crippen LogP contribution in [0.25, 0.3) is 0 Å². The van der Waals surface area contributed by atoms with Crippen LogP contribution in [0.4, 0.5) is 0 Å². The smallest absolute Gasteiger partial charge is 0.227 e. The summed E-state index contributed by atoms with van der Waals surface area (Å²) in [4.78, 5) is 14.5. The summed E-state index contributed by atoms with van der Waals surface area (Å²) in [6.45, 7) is 2.66. The van der Waals surface area contributed by atoms with E-state index in [2.05, 4.69) is 5.16 Å². The van der Waals surface area contributed by atoms with Crippen molar-refractivity contribution in [2.45, 2.75) is 32.2 Å². The second-order valence-corrected chi connectivity index (χ2v) is 5.64. The van der Waals surface area contributed by atoms with Gasteiger partial charge in [-0.2, -0.15) is 0 Å². The van der Waals surface area contributed by atoms with Crippen molar-refractivity contribution in [3.8, 4) is 5.75 Å². The molecule has 0 unspecified atom stereocenters. The number of rotatable bonds is 4. The van der Waals surface area contributed by atoms with Crippen LogP contribution in [0.3, 0.4) is 0 Å². The van der Waals surface area contributed by atoms with E-state index >= 15 is 0 Å². The zero-order chi connectivity index (χ0) is 15.5. The monoisotopic (exact) mass is 300 g/mol. The molecule has 0 saturated carbocycles. The Morgan fingerprint density at radius 3 is 3.05 bits per heavy atom. The Labute approximate surface area is 129 Å². The molecule has 116 valence electrons. The topological polar surface area (TPSA) is 55.6 Å². The number of hydrogen-bond donors (Lipinski definition) is 0. The number of likely N-dealkylation sites (tertiary alicyclic amines) is 1. The standard InChI is InChI=1S/C17H20N2O3/c1-12-9-16(22-18-12)15-7-4-8-19(15)17(20)11-13-5-3-6-14(10-13)21-2/h3,5-6,9-10,15H,4,7-8,11H2,1-2H3/t15-/m1/s1. The predicted octanol–water partition coefficient (Wildman–Crippen LogP) is 2.90. The number of benzene rings is 1. The minimum absolute atomic E-state index is 0.0132. The maximum atomic E-state index is 12.6. The Morgan fingerprint density at radius 2 is 2.32 bits per heavy atom. The maximum absolute atomic E-state index is 12.6. The van der Waals surface area contributed by atoms with E-state index < -0.39 is 0 Å². The van der Waals surface area contributed by atoms with Gasteiger partial charge in [-0.3, -0.25) is 4.79 Å². The molecule has 3 rings (SSSR count). The molecule has 5 heteroatoms. The molecule has 1 aliphatic heterocycles. The molecule has 22 heavy (non-hydrogen) atoms. The first kappa shape index (κ1) is 14.6. The highest BCUT2D eigenvalue weighted by Gasteiger charge is 2.32. The van der Waals surface area contributed by atoms with Crippen LogP contribution in [0.15, 0.2) is 34.9 Å². The molecule has 0 spiro atoms. The maximum Gasteiger partial charge on any atom is 0.227 e. The largest absolute Gasteiger partial charge is 0.497 e. The summed E-state index contributed by atoms with van der Waals surface area (Å²) in [5, 5.41) is 3.93. The number of carbonyl (C=O) groups is 1. The number of carbonyl (C=O) groups excluding carboxylic acids is 1. The number of ether oxygens (including phenoxy) is 1. The minimum atomic E-state index is 0.0132. The minimum Gasteiger partial charge on any atom is -0.497 e. The molecule has 1 atom stereocenters. The van der Waals surface area contributed by atoms with Gasteiger partial charge in [-0.15, -0.1) is 0 Å². The molecule has 2 heterocycles. The van der Waals surface area contributed by atoms with Crippen molar-refractivity contribution >= 4 is 5.91 Å². The van der Waals surface area contributed by atoms with Crippen molar-refractivity contribution in [1.29, 1.82) is 0 Å². The van der Waals surface area contributed by atoms with E-state index in [9.17, 15) is 4.79 Å². The van der Waals surface area contributed by atoms with E-state index in [4.69, 9.17) is 9.26 Å². The molecule has 1 aliphatic rings. The number of amides is 1. The van der Waals surface area contributed by atoms with Gasteiger partial charge >= 0.3 is 0 Å². The highest BCUT2D eigenvalue weighted by molar-refractivity contribution is 5.79. The van der Waals surface area contributed by atoms with E-state index in [1.54, 1.807) is 7.11 Å². The molecule has 2 aromatic rings. The Balaban J connectivity index is 1.73. The van der Waals surface area contributed by atoms with Gasteiger partial charge in [-0.25, -0.2) is 0 Å². The van der Waals surface area contributed by atoms with Crippen molar-refractivity contribution in [3.05, 3.63) is 47.3 Å². The van der Waals surface area contributed by atoms with Gasteiger partial charge in [-0.1, -0.05) is 17.3 Å². The molecule has 1 fully saturated rings. The lowest BCUT2D eigenvalue weighted by Gasteiger charge is -2.22. The summed E-state index contributed by atoms with van der Waals surface area (Å²) in [5.74, 6) is 1.67. The van der Waals surface area contributed by atoms with Gasteiger partial charge in [-0.05, 0) is 37.5 Å². The second kappa shape index (κ2) is 6.22. The Bertz CT molecular complexity index is 665. The molecule has 1 aromatic carbocycles. The lowest BCUT2D eigenvalue weighted by Crippen LogP contribution is -2.31. The molecule has 0 N–H and O–H groups in total. The third-order valence-corrected chi connectivity index (χ3v) is 4.04. The second-order valence-electron chi connectivity index (χ2n) is 5.64. The van der Waals surface area contributed by atoms with E-state index in [-0.39, 0.29) is 11.9 Å². The molecule has 0 radical (unpaired) electrons. The molecule has 0 bridgehead atoms. The van der Waals surface area contributed by atoms with Crippen molar-refractivity contribution in [2.24, 2.45) is 0 Å². The highest BCUT2D eigenvalue weighted by Crippen LogP contribution is 2.32. The average Bonchev–Trinajstić information content (AvgIpc) is 3.15. The first-order chi connectivity index (χ1) is 10.7. The fourth-order valence-corrected chi connectivity index (χ4v) is 2.96. The average molecular weight is 300 g/mol. The quantitative estimate of drug-likeness (QED) is 0.871. The lowest BCUT2D eigenvalue weighted by molar-refractivity contribution is -0.131. The van der Waals surface area contributed by atoms with E-state index in [1.807, 2.05) is 42.2 Å². The van der Waals surface area contributed by atoms with Crippen LogP contribution < -0.4 is 4.74 Å². The number of hydrogen-bond acceptors (Lipinski definition) is 4. The number of aromatic nitrogens is 1. The molecule has 1 amide bonds. The van der Waals surface area contributed by atoms with Crippen LogP contribution in [0.1, 0.15) is 35.9 Å². The summed E-state index contributed by atoms with van der Waals surface area (Å²) >= 11 is 0. The Kier molecular flexibility index (Phi) is 4.13. The fourth-order valence-electron chi connectivity index (χ4n) is 2.96. The Hall–Kier alpha value is -2.30. The Morgan fingerprint density at radius 1 is 1.45 bits per heavy atom. The van der Waals surface area contributed by atoms with Crippen LogP contribution in [0.2, 0.25) is 0 Å². The number of aryl methyl sites for hydroxylation is 1. The zero-order valence-electron chi connectivity index (χ0n) is 12.9. The van der Waals surface area contributed by atoms with Crippen molar-refractivity contribution in [2.75, 3.05) is 13.7 Å². The fraction of sp³-hybridized carbons (Fsp3) is 0.412. The van der Waals surface area contributed by atoms with Crippen molar-refractivity contribution in [3.63, 3.8) is 0 Å². The molecule has 1 saturated heterocycles. The molecule has 5 nitrogen and oxygen atoms in total. The van der Waals surface area contributed by atoms with Crippen molar-refractivity contribution < 1.29 is 14.1 Å². The molecular weight excluding hydrogens is 280 g/mol. The van der Waals surface area contributed by atoms with Crippen LogP contribution in [-0.2, 0) is 11.2 Å². The summed E-state index contributed by atoms with van der Waals surface area (Å²) in [7, 11) is 1.63. The SMILES string of the molecule is COc1cccc(CC(=O)N2CCC[C@@H]2c2cc(C)no2)c1. The molecule has 0 aliphatic carbocycles. The van der Waals surface area contributed by atoms with Crippen LogP contribution in [0, 0.1) is 6.92 Å². The lowest BCUT2D eigenvalue weighted by atomic mass is 10.1. The van der Waals surface area contributed by atoms with Crippen LogP contribution in [-0.4, -0.2) is 29.6 Å². The van der Waals surface area contributed by atoms with Gasteiger partial charge in [0.25, 0.3) is 0 Å². The van der Waals surface area contributed by atoms with Gasteiger partial charge in [0.2, 0.25) is 5.91 Å². The highest BCUT2D eigenvalue weighted by atomic mass is 16.5. The van der Waals surface area contributed by atoms with Gasteiger partial charge in [0.05, 0.1) is 25.3 Å². The van der Waals surface area contributed by atoms with Crippen LogP contribution in [0.5, 0.6) is 5.75 Å². The normalized spacial score (nSPS) is 17.7. The number of nitrogens with zero attached hydrogens (tertiary/aromatic N) is 2. The first-order valence-electron chi connectivity index (χ1n) is 7.53. The van der Waals surface area contributed by atoms with E-state index in [0.717, 1.165) is 42.2 Å². The third kappa shape index (κ3) is 2.98. The summed E-state index contributed by atoms with van der Waals surface area (Å²) in [6, 6.07) is 9.57. The predicted molar refractivity (Wildman–Crippen MR) is 81.6 cm³/mol. The molecule has 1 aromatic heterocycles. The van der Waals surface area contributed by atoms with Gasteiger partial charge in [0.15, 0.2) is 5.76 Å². The third-order valence-electron chi connectivity index (χ3n) is 4.04. The number of methoxy groups -OCH3 is 1. The summed E-state index contributed by atoms with van der Waals surface area (Å²) in [6.07, 6.45) is 2.30. The summed E-state index contributed by atoms with van der Waals surface area (Å²) < 4.78 is 10.6. The van der Waals surface area contributed by atoms with Crippen LogP contribution >= 0.6 is 0 Å². The summed E-state index contributed by atoms with van der Waals surface area (Å²) in [5.41, 5.74) is 1.81.